The molecule has 0 bridgehead atoms. The monoisotopic (exact) mass is 195 g/mol. The molecule has 0 aliphatic rings. The van der Waals surface area contributed by atoms with E-state index in [1.807, 2.05) is 10.9 Å². The van der Waals surface area contributed by atoms with Crippen molar-refractivity contribution >= 4 is 0 Å². The molecule has 1 unspecified atom stereocenters. The SMILES string of the molecule is CCNCC(C)Cc1cnn(CC)c1. The van der Waals surface area contributed by atoms with E-state index in [1.54, 1.807) is 0 Å². The fraction of sp³-hybridized carbons (Fsp3) is 0.727. The summed E-state index contributed by atoms with van der Waals surface area (Å²) < 4.78 is 1.98. The minimum absolute atomic E-state index is 0.685. The molecule has 0 saturated heterocycles. The molecule has 0 aliphatic heterocycles. The highest BCUT2D eigenvalue weighted by atomic mass is 15.3. The van der Waals surface area contributed by atoms with Crippen molar-refractivity contribution in [3.63, 3.8) is 0 Å². The Bertz CT molecular complexity index is 255. The Morgan fingerprint density at radius 2 is 2.29 bits per heavy atom. The number of nitrogens with zero attached hydrogens (tertiary/aromatic N) is 2. The molecule has 0 aliphatic carbocycles. The van der Waals surface area contributed by atoms with Crippen molar-refractivity contribution in [3.05, 3.63) is 18.0 Å². The van der Waals surface area contributed by atoms with Gasteiger partial charge in [-0.3, -0.25) is 4.68 Å². The third-order valence-corrected chi connectivity index (χ3v) is 2.34. The first-order valence-corrected chi connectivity index (χ1v) is 5.48. The molecule has 1 N–H and O–H groups in total. The molecule has 1 aromatic rings. The van der Waals surface area contributed by atoms with E-state index in [1.165, 1.54) is 5.56 Å². The summed E-state index contributed by atoms with van der Waals surface area (Å²) in [5, 5.41) is 7.63. The van der Waals surface area contributed by atoms with Crippen LogP contribution in [0.4, 0.5) is 0 Å². The molecule has 1 heterocycles. The maximum atomic E-state index is 4.26. The molecule has 1 atom stereocenters. The predicted molar refractivity (Wildman–Crippen MR) is 59.3 cm³/mol. The van der Waals surface area contributed by atoms with E-state index < -0.39 is 0 Å². The Kier molecular flexibility index (Phi) is 4.66. The van der Waals surface area contributed by atoms with Crippen LogP contribution >= 0.6 is 0 Å². The van der Waals surface area contributed by atoms with Crippen LogP contribution in [0, 0.1) is 5.92 Å². The van der Waals surface area contributed by atoms with Crippen LogP contribution in [0.3, 0.4) is 0 Å². The maximum Gasteiger partial charge on any atom is 0.0521 e. The van der Waals surface area contributed by atoms with E-state index in [4.69, 9.17) is 0 Å². The molecule has 0 aromatic carbocycles. The van der Waals surface area contributed by atoms with Crippen molar-refractivity contribution in [2.45, 2.75) is 33.7 Å². The van der Waals surface area contributed by atoms with Crippen molar-refractivity contribution in [1.29, 1.82) is 0 Å². The number of aromatic nitrogens is 2. The molecule has 14 heavy (non-hydrogen) atoms. The van der Waals surface area contributed by atoms with Gasteiger partial charge in [0.25, 0.3) is 0 Å². The molecular weight excluding hydrogens is 174 g/mol. The molecule has 3 heteroatoms. The topological polar surface area (TPSA) is 29.9 Å². The highest BCUT2D eigenvalue weighted by Gasteiger charge is 2.04. The van der Waals surface area contributed by atoms with Gasteiger partial charge < -0.3 is 5.32 Å². The van der Waals surface area contributed by atoms with Gasteiger partial charge in [0.05, 0.1) is 6.20 Å². The average molecular weight is 195 g/mol. The van der Waals surface area contributed by atoms with Gasteiger partial charge in [-0.2, -0.15) is 5.10 Å². The van der Waals surface area contributed by atoms with Crippen LogP contribution in [0.25, 0.3) is 0 Å². The number of hydrogen-bond donors (Lipinski definition) is 1. The fourth-order valence-electron chi connectivity index (χ4n) is 1.55. The van der Waals surface area contributed by atoms with Crippen LogP contribution in [-0.4, -0.2) is 22.9 Å². The Morgan fingerprint density at radius 1 is 1.50 bits per heavy atom. The Hall–Kier alpha value is -0.830. The summed E-state index contributed by atoms with van der Waals surface area (Å²) >= 11 is 0. The smallest absolute Gasteiger partial charge is 0.0521 e. The summed E-state index contributed by atoms with van der Waals surface area (Å²) in [5.41, 5.74) is 1.34. The first kappa shape index (κ1) is 11.2. The van der Waals surface area contributed by atoms with Gasteiger partial charge in [0.1, 0.15) is 0 Å². The zero-order valence-electron chi connectivity index (χ0n) is 9.45. The number of aryl methyl sites for hydroxylation is 1. The lowest BCUT2D eigenvalue weighted by Crippen LogP contribution is -2.21. The molecule has 0 fully saturated rings. The van der Waals surface area contributed by atoms with Gasteiger partial charge in [0, 0.05) is 12.7 Å². The summed E-state index contributed by atoms with van der Waals surface area (Å²) in [4.78, 5) is 0. The first-order valence-electron chi connectivity index (χ1n) is 5.48. The van der Waals surface area contributed by atoms with Gasteiger partial charge in [-0.25, -0.2) is 0 Å². The Balaban J connectivity index is 2.35. The highest BCUT2D eigenvalue weighted by Crippen LogP contribution is 2.06. The highest BCUT2D eigenvalue weighted by molar-refractivity contribution is 5.04. The van der Waals surface area contributed by atoms with Gasteiger partial charge >= 0.3 is 0 Å². The third kappa shape index (κ3) is 3.50. The van der Waals surface area contributed by atoms with E-state index in [9.17, 15) is 0 Å². The molecule has 1 aromatic heterocycles. The van der Waals surface area contributed by atoms with Crippen molar-refractivity contribution in [2.24, 2.45) is 5.92 Å². The summed E-state index contributed by atoms with van der Waals surface area (Å²) in [7, 11) is 0. The Morgan fingerprint density at radius 3 is 2.86 bits per heavy atom. The van der Waals surface area contributed by atoms with Gasteiger partial charge in [0.2, 0.25) is 0 Å². The summed E-state index contributed by atoms with van der Waals surface area (Å²) in [5.74, 6) is 0.685. The van der Waals surface area contributed by atoms with E-state index in [2.05, 4.69) is 37.4 Å². The normalized spacial score (nSPS) is 13.1. The summed E-state index contributed by atoms with van der Waals surface area (Å²) in [6.45, 7) is 9.63. The lowest BCUT2D eigenvalue weighted by Gasteiger charge is -2.09. The quantitative estimate of drug-likeness (QED) is 0.748. The van der Waals surface area contributed by atoms with Crippen LogP contribution in [0.5, 0.6) is 0 Å². The van der Waals surface area contributed by atoms with E-state index in [0.29, 0.717) is 5.92 Å². The minimum Gasteiger partial charge on any atom is -0.317 e. The first-order chi connectivity index (χ1) is 6.76. The number of nitrogens with one attached hydrogen (secondary N) is 1. The molecule has 0 amide bonds. The third-order valence-electron chi connectivity index (χ3n) is 2.34. The van der Waals surface area contributed by atoms with E-state index in [0.717, 1.165) is 26.1 Å². The second kappa shape index (κ2) is 5.81. The van der Waals surface area contributed by atoms with E-state index in [-0.39, 0.29) is 0 Å². The Labute approximate surface area is 86.5 Å². The van der Waals surface area contributed by atoms with Crippen LogP contribution in [0.2, 0.25) is 0 Å². The number of rotatable bonds is 6. The molecule has 80 valence electrons. The van der Waals surface area contributed by atoms with E-state index >= 15 is 0 Å². The van der Waals surface area contributed by atoms with Gasteiger partial charge in [-0.05, 0) is 37.9 Å². The van der Waals surface area contributed by atoms with Crippen molar-refractivity contribution in [3.8, 4) is 0 Å². The zero-order valence-corrected chi connectivity index (χ0v) is 9.45. The van der Waals surface area contributed by atoms with Gasteiger partial charge in [0.15, 0.2) is 0 Å². The second-order valence-electron chi connectivity index (χ2n) is 3.82. The minimum atomic E-state index is 0.685. The lowest BCUT2D eigenvalue weighted by molar-refractivity contribution is 0.521. The molecule has 1 rings (SSSR count). The molecule has 0 saturated carbocycles. The fourth-order valence-corrected chi connectivity index (χ4v) is 1.55. The van der Waals surface area contributed by atoms with Crippen LogP contribution in [0.15, 0.2) is 12.4 Å². The largest absolute Gasteiger partial charge is 0.317 e. The van der Waals surface area contributed by atoms with Crippen LogP contribution in [-0.2, 0) is 13.0 Å². The molecule has 3 nitrogen and oxygen atoms in total. The zero-order chi connectivity index (χ0) is 10.4. The molecule has 0 spiro atoms. The molecular formula is C11H21N3. The standard InChI is InChI=1S/C11H21N3/c1-4-12-7-10(3)6-11-8-13-14(5-2)9-11/h8-10,12H,4-7H2,1-3H3. The van der Waals surface area contributed by atoms with Crippen LogP contribution in [0.1, 0.15) is 26.3 Å². The van der Waals surface area contributed by atoms with Gasteiger partial charge in [-0.1, -0.05) is 13.8 Å². The summed E-state index contributed by atoms with van der Waals surface area (Å²) in [6.07, 6.45) is 5.24. The lowest BCUT2D eigenvalue weighted by atomic mass is 10.0. The van der Waals surface area contributed by atoms with Crippen molar-refractivity contribution in [2.75, 3.05) is 13.1 Å². The van der Waals surface area contributed by atoms with Gasteiger partial charge in [-0.15, -0.1) is 0 Å². The summed E-state index contributed by atoms with van der Waals surface area (Å²) in [6, 6.07) is 0. The van der Waals surface area contributed by atoms with Crippen molar-refractivity contribution < 1.29 is 0 Å². The maximum absolute atomic E-state index is 4.26. The second-order valence-corrected chi connectivity index (χ2v) is 3.82. The predicted octanol–water partition coefficient (Wildman–Crippen LogP) is 1.69. The van der Waals surface area contributed by atoms with Crippen LogP contribution < -0.4 is 5.32 Å². The molecule has 0 radical (unpaired) electrons. The average Bonchev–Trinajstić information content (AvgIpc) is 2.62. The number of hydrogen-bond acceptors (Lipinski definition) is 2. The van der Waals surface area contributed by atoms with Crippen molar-refractivity contribution in [1.82, 2.24) is 15.1 Å².